The second kappa shape index (κ2) is 8.17. The monoisotopic (exact) mass is 492 g/mol. The molecule has 37 heavy (non-hydrogen) atoms. The van der Waals surface area contributed by atoms with E-state index in [1.54, 1.807) is 13.0 Å². The molecule has 6 rings (SSSR count). The van der Waals surface area contributed by atoms with E-state index < -0.39 is 6.04 Å². The van der Waals surface area contributed by atoms with Gasteiger partial charge in [-0.1, -0.05) is 44.2 Å². The molecule has 1 aliphatic carbocycles. The van der Waals surface area contributed by atoms with Gasteiger partial charge < -0.3 is 9.73 Å². The van der Waals surface area contributed by atoms with Gasteiger partial charge in [0.25, 0.3) is 5.69 Å². The average molecular weight is 493 g/mol. The summed E-state index contributed by atoms with van der Waals surface area (Å²) in [7, 11) is 0. The van der Waals surface area contributed by atoms with E-state index in [-0.39, 0.29) is 21.8 Å². The first kappa shape index (κ1) is 23.2. The number of hydrogen-bond acceptors (Lipinski definition) is 5. The number of nitrogens with one attached hydrogen (secondary N) is 1. The number of ketones is 1. The van der Waals surface area contributed by atoms with Crippen molar-refractivity contribution in [2.75, 3.05) is 5.32 Å². The van der Waals surface area contributed by atoms with Crippen molar-refractivity contribution in [3.63, 3.8) is 0 Å². The Bertz CT molecular complexity index is 1660. The van der Waals surface area contributed by atoms with E-state index >= 15 is 0 Å². The van der Waals surface area contributed by atoms with Crippen LogP contribution in [0.3, 0.4) is 0 Å². The molecule has 0 spiro atoms. The van der Waals surface area contributed by atoms with Crippen LogP contribution in [-0.4, -0.2) is 10.7 Å². The average Bonchev–Trinajstić information content (AvgIpc) is 3.34. The summed E-state index contributed by atoms with van der Waals surface area (Å²) < 4.78 is 6.32. The summed E-state index contributed by atoms with van der Waals surface area (Å²) in [5.74, 6) is 1.29. The molecule has 6 heteroatoms. The minimum absolute atomic E-state index is 0.0687. The van der Waals surface area contributed by atoms with Gasteiger partial charge in [-0.2, -0.15) is 0 Å². The molecular formula is C31H28N2O4. The molecule has 6 nitrogen and oxygen atoms in total. The maximum absolute atomic E-state index is 13.6. The number of anilines is 1. The van der Waals surface area contributed by atoms with Crippen molar-refractivity contribution in [1.29, 1.82) is 0 Å². The number of benzene rings is 3. The third-order valence-electron chi connectivity index (χ3n) is 7.77. The second-order valence-corrected chi connectivity index (χ2v) is 11.0. The smallest absolute Gasteiger partial charge is 0.273 e. The van der Waals surface area contributed by atoms with Gasteiger partial charge in [-0.25, -0.2) is 0 Å². The fourth-order valence-corrected chi connectivity index (χ4v) is 5.89. The third kappa shape index (κ3) is 3.75. The van der Waals surface area contributed by atoms with Crippen molar-refractivity contribution in [3.05, 3.63) is 98.8 Å². The van der Waals surface area contributed by atoms with Crippen molar-refractivity contribution in [2.24, 2.45) is 5.41 Å². The number of aryl methyl sites for hydroxylation is 1. The Morgan fingerprint density at radius 3 is 2.59 bits per heavy atom. The van der Waals surface area contributed by atoms with E-state index in [2.05, 4.69) is 43.4 Å². The molecule has 1 atom stereocenters. The number of nitrogens with zero attached hydrogens (tertiary/aromatic N) is 1. The SMILES string of the molecule is Cc1cc(-c2ccc([C@H]3Nc4ccc5ccccc5c4C4=C3C(=O)CC(C)(C)C4)o2)cc([N+](=O)[O-])c1C. The van der Waals surface area contributed by atoms with Crippen LogP contribution < -0.4 is 5.32 Å². The van der Waals surface area contributed by atoms with E-state index in [4.69, 9.17) is 4.42 Å². The summed E-state index contributed by atoms with van der Waals surface area (Å²) in [6.07, 6.45) is 1.27. The van der Waals surface area contributed by atoms with Gasteiger partial charge >= 0.3 is 0 Å². The zero-order valence-electron chi connectivity index (χ0n) is 21.3. The van der Waals surface area contributed by atoms with E-state index in [0.717, 1.165) is 45.2 Å². The summed E-state index contributed by atoms with van der Waals surface area (Å²) in [5.41, 5.74) is 5.96. The highest BCUT2D eigenvalue weighted by molar-refractivity contribution is 6.12. The topological polar surface area (TPSA) is 85.4 Å². The lowest BCUT2D eigenvalue weighted by Gasteiger charge is -2.39. The largest absolute Gasteiger partial charge is 0.459 e. The third-order valence-corrected chi connectivity index (χ3v) is 7.77. The van der Waals surface area contributed by atoms with E-state index in [1.807, 2.05) is 37.3 Å². The lowest BCUT2D eigenvalue weighted by atomic mass is 9.68. The summed E-state index contributed by atoms with van der Waals surface area (Å²) in [4.78, 5) is 24.9. The number of nitro benzene ring substituents is 1. The van der Waals surface area contributed by atoms with Crippen LogP contribution in [0.4, 0.5) is 11.4 Å². The lowest BCUT2D eigenvalue weighted by molar-refractivity contribution is -0.385. The molecule has 4 aromatic rings. The molecule has 2 aliphatic rings. The van der Waals surface area contributed by atoms with Crippen molar-refractivity contribution < 1.29 is 14.1 Å². The molecule has 2 heterocycles. The molecule has 0 fully saturated rings. The normalized spacial score (nSPS) is 18.4. The summed E-state index contributed by atoms with van der Waals surface area (Å²) in [6, 6.07) is 19.2. The molecule has 1 aromatic heterocycles. The molecule has 0 radical (unpaired) electrons. The predicted molar refractivity (Wildman–Crippen MR) is 146 cm³/mol. The molecule has 0 bridgehead atoms. The number of Topliss-reactive ketones (excluding diaryl/α,β-unsaturated/α-hetero) is 1. The Labute approximate surface area is 215 Å². The first-order valence-corrected chi connectivity index (χ1v) is 12.5. The Morgan fingerprint density at radius 1 is 1.03 bits per heavy atom. The molecule has 0 saturated carbocycles. The Balaban J connectivity index is 1.50. The van der Waals surface area contributed by atoms with Gasteiger partial charge in [0.15, 0.2) is 5.78 Å². The number of rotatable bonds is 3. The van der Waals surface area contributed by atoms with Crippen LogP contribution in [0.2, 0.25) is 0 Å². The van der Waals surface area contributed by atoms with Gasteiger partial charge in [0.05, 0.1) is 4.92 Å². The van der Waals surface area contributed by atoms with Crippen molar-refractivity contribution >= 4 is 33.5 Å². The Hall–Kier alpha value is -4.19. The van der Waals surface area contributed by atoms with Crippen molar-refractivity contribution in [2.45, 2.75) is 46.6 Å². The number of allylic oxidation sites excluding steroid dienone is 1. The van der Waals surface area contributed by atoms with Crippen LogP contribution in [0, 0.1) is 29.4 Å². The van der Waals surface area contributed by atoms with Gasteiger partial charge in [-0.05, 0) is 71.9 Å². The maximum atomic E-state index is 13.6. The Morgan fingerprint density at radius 2 is 1.81 bits per heavy atom. The number of furan rings is 1. The van der Waals surface area contributed by atoms with Crippen LogP contribution in [0.1, 0.15) is 55.2 Å². The molecule has 3 aromatic carbocycles. The highest BCUT2D eigenvalue weighted by Gasteiger charge is 2.41. The quantitative estimate of drug-likeness (QED) is 0.232. The van der Waals surface area contributed by atoms with Crippen molar-refractivity contribution in [3.8, 4) is 11.3 Å². The highest BCUT2D eigenvalue weighted by atomic mass is 16.6. The zero-order valence-corrected chi connectivity index (χ0v) is 21.3. The standard InChI is InChI=1S/C31H28N2O4/c1-17-13-20(14-24(18(17)2)33(35)36)26-11-12-27(37-26)30-29-22(15-31(3,4)16-25(29)34)28-21-8-6-5-7-19(21)9-10-23(28)32-30/h5-14,30,32H,15-16H2,1-4H3/t30-/m1/s1. The number of nitro groups is 1. The van der Waals surface area contributed by atoms with Gasteiger partial charge in [0.1, 0.15) is 17.6 Å². The first-order valence-electron chi connectivity index (χ1n) is 12.5. The summed E-state index contributed by atoms with van der Waals surface area (Å²) >= 11 is 0. The Kier molecular flexibility index (Phi) is 5.13. The fourth-order valence-electron chi connectivity index (χ4n) is 5.89. The molecule has 1 aliphatic heterocycles. The van der Waals surface area contributed by atoms with Gasteiger partial charge in [0, 0.05) is 40.4 Å². The van der Waals surface area contributed by atoms with Gasteiger partial charge in [0.2, 0.25) is 0 Å². The maximum Gasteiger partial charge on any atom is 0.273 e. The van der Waals surface area contributed by atoms with Crippen LogP contribution in [0.15, 0.2) is 70.7 Å². The van der Waals surface area contributed by atoms with E-state index in [1.165, 1.54) is 0 Å². The molecule has 1 N–H and O–H groups in total. The van der Waals surface area contributed by atoms with Crippen LogP contribution >= 0.6 is 0 Å². The molecule has 0 saturated heterocycles. The minimum Gasteiger partial charge on any atom is -0.459 e. The number of carbonyl (C=O) groups excluding carboxylic acids is 1. The molecule has 0 amide bonds. The number of hydrogen-bond donors (Lipinski definition) is 1. The van der Waals surface area contributed by atoms with Crippen molar-refractivity contribution in [1.82, 2.24) is 0 Å². The number of fused-ring (bicyclic) bond motifs is 4. The summed E-state index contributed by atoms with van der Waals surface area (Å²) in [6.45, 7) is 7.91. The van der Waals surface area contributed by atoms with Gasteiger partial charge in [-0.15, -0.1) is 0 Å². The van der Waals surface area contributed by atoms with Crippen LogP contribution in [0.5, 0.6) is 0 Å². The van der Waals surface area contributed by atoms with Crippen LogP contribution in [-0.2, 0) is 4.79 Å². The van der Waals surface area contributed by atoms with E-state index in [9.17, 15) is 14.9 Å². The molecular weight excluding hydrogens is 464 g/mol. The number of carbonyl (C=O) groups is 1. The predicted octanol–water partition coefficient (Wildman–Crippen LogP) is 7.93. The van der Waals surface area contributed by atoms with E-state index in [0.29, 0.717) is 29.1 Å². The minimum atomic E-state index is -0.428. The highest BCUT2D eigenvalue weighted by Crippen LogP contribution is 2.52. The fraction of sp³-hybridized carbons (Fsp3) is 0.258. The van der Waals surface area contributed by atoms with Gasteiger partial charge in [-0.3, -0.25) is 14.9 Å². The summed E-state index contributed by atoms with van der Waals surface area (Å²) in [5, 5.41) is 17.5. The molecule has 0 unspecified atom stereocenters. The zero-order chi connectivity index (χ0) is 26.1. The lowest BCUT2D eigenvalue weighted by Crippen LogP contribution is -2.33. The van der Waals surface area contributed by atoms with Crippen LogP contribution in [0.25, 0.3) is 27.7 Å². The second-order valence-electron chi connectivity index (χ2n) is 11.0. The first-order chi connectivity index (χ1) is 17.6. The molecule has 186 valence electrons.